The number of anilines is 1. The number of aryl methyl sites for hydroxylation is 1. The fourth-order valence-electron chi connectivity index (χ4n) is 1.41. The van der Waals surface area contributed by atoms with E-state index in [0.717, 1.165) is 11.3 Å². The van der Waals surface area contributed by atoms with Gasteiger partial charge < -0.3 is 10.2 Å². The van der Waals surface area contributed by atoms with Crippen LogP contribution in [-0.4, -0.2) is 30.4 Å². The third-order valence-corrected chi connectivity index (χ3v) is 2.79. The molecule has 0 spiro atoms. The molecule has 4 heteroatoms. The summed E-state index contributed by atoms with van der Waals surface area (Å²) in [5.41, 5.74) is 1.59. The molecule has 1 amide bonds. The van der Waals surface area contributed by atoms with Crippen molar-refractivity contribution in [3.63, 3.8) is 0 Å². The number of amides is 1. The molecule has 0 unspecified atom stereocenters. The Hall–Kier alpha value is -1.58. The van der Waals surface area contributed by atoms with Crippen LogP contribution in [0, 0.1) is 12.7 Å². The molecule has 0 radical (unpaired) electrons. The smallest absolute Gasteiger partial charge is 0.241 e. The Kier molecular flexibility index (Phi) is 4.49. The van der Waals surface area contributed by atoms with E-state index < -0.39 is 0 Å². The molecule has 0 bridgehead atoms. The molecule has 0 saturated carbocycles. The molecule has 0 aliphatic carbocycles. The Bertz CT molecular complexity index is 404. The van der Waals surface area contributed by atoms with Crippen LogP contribution >= 0.6 is 0 Å². The zero-order valence-electron chi connectivity index (χ0n) is 10.7. The van der Waals surface area contributed by atoms with Gasteiger partial charge in [0.05, 0.1) is 6.54 Å². The van der Waals surface area contributed by atoms with Crippen molar-refractivity contribution < 1.29 is 9.18 Å². The van der Waals surface area contributed by atoms with Gasteiger partial charge in [0.15, 0.2) is 0 Å². The Labute approximate surface area is 102 Å². The molecule has 1 aromatic carbocycles. The van der Waals surface area contributed by atoms with Crippen molar-refractivity contribution in [2.24, 2.45) is 0 Å². The predicted octanol–water partition coefficient (Wildman–Crippen LogP) is 2.41. The number of halogens is 1. The van der Waals surface area contributed by atoms with Crippen LogP contribution in [0.3, 0.4) is 0 Å². The highest BCUT2D eigenvalue weighted by atomic mass is 19.1. The van der Waals surface area contributed by atoms with Crippen LogP contribution in [-0.2, 0) is 4.79 Å². The van der Waals surface area contributed by atoms with Gasteiger partial charge in [-0.2, -0.15) is 0 Å². The van der Waals surface area contributed by atoms with Crippen LogP contribution < -0.4 is 5.32 Å². The van der Waals surface area contributed by atoms with Gasteiger partial charge in [-0.25, -0.2) is 4.39 Å². The number of nitrogens with zero attached hydrogens (tertiary/aromatic N) is 1. The first-order valence-corrected chi connectivity index (χ1v) is 5.67. The monoisotopic (exact) mass is 238 g/mol. The maximum atomic E-state index is 12.9. The van der Waals surface area contributed by atoms with E-state index in [4.69, 9.17) is 0 Å². The first-order chi connectivity index (χ1) is 7.91. The maximum Gasteiger partial charge on any atom is 0.241 e. The molecule has 17 heavy (non-hydrogen) atoms. The van der Waals surface area contributed by atoms with Crippen LogP contribution in [0.25, 0.3) is 0 Å². The van der Waals surface area contributed by atoms with E-state index in [9.17, 15) is 9.18 Å². The van der Waals surface area contributed by atoms with E-state index in [0.29, 0.717) is 0 Å². The molecule has 1 rings (SSSR count). The highest BCUT2D eigenvalue weighted by molar-refractivity contribution is 5.81. The normalized spacial score (nSPS) is 10.5. The van der Waals surface area contributed by atoms with Gasteiger partial charge >= 0.3 is 0 Å². The number of rotatable bonds is 4. The average molecular weight is 238 g/mol. The van der Waals surface area contributed by atoms with Crippen molar-refractivity contribution in [3.8, 4) is 0 Å². The average Bonchev–Trinajstić information content (AvgIpc) is 2.26. The second-order valence-electron chi connectivity index (χ2n) is 4.41. The summed E-state index contributed by atoms with van der Waals surface area (Å²) < 4.78 is 12.9. The number of carbonyl (C=O) groups is 1. The fourth-order valence-corrected chi connectivity index (χ4v) is 1.41. The molecule has 94 valence electrons. The molecular weight excluding hydrogens is 219 g/mol. The minimum absolute atomic E-state index is 0.0173. The van der Waals surface area contributed by atoms with E-state index in [1.54, 1.807) is 18.0 Å². The largest absolute Gasteiger partial charge is 0.376 e. The SMILES string of the molecule is Cc1cc(F)ccc1NCC(=O)N(C)C(C)C. The van der Waals surface area contributed by atoms with Gasteiger partial charge in [-0.1, -0.05) is 0 Å². The van der Waals surface area contributed by atoms with Gasteiger partial charge in [0.1, 0.15) is 5.82 Å². The topological polar surface area (TPSA) is 32.3 Å². The lowest BCUT2D eigenvalue weighted by Gasteiger charge is -2.22. The number of carbonyl (C=O) groups excluding carboxylic acids is 1. The zero-order valence-corrected chi connectivity index (χ0v) is 10.7. The molecule has 1 aromatic rings. The van der Waals surface area contributed by atoms with Crippen LogP contribution in [0.5, 0.6) is 0 Å². The fraction of sp³-hybridized carbons (Fsp3) is 0.462. The number of nitrogens with one attached hydrogen (secondary N) is 1. The van der Waals surface area contributed by atoms with Crippen LogP contribution in [0.2, 0.25) is 0 Å². The summed E-state index contributed by atoms with van der Waals surface area (Å²) >= 11 is 0. The third kappa shape index (κ3) is 3.73. The summed E-state index contributed by atoms with van der Waals surface area (Å²) in [7, 11) is 1.77. The highest BCUT2D eigenvalue weighted by Gasteiger charge is 2.11. The molecule has 3 nitrogen and oxygen atoms in total. The van der Waals surface area contributed by atoms with E-state index in [2.05, 4.69) is 5.32 Å². The van der Waals surface area contributed by atoms with Crippen molar-refractivity contribution in [3.05, 3.63) is 29.6 Å². The van der Waals surface area contributed by atoms with E-state index in [1.807, 2.05) is 20.8 Å². The molecule has 0 fully saturated rings. The molecule has 0 aliphatic heterocycles. The van der Waals surface area contributed by atoms with Crippen molar-refractivity contribution in [2.45, 2.75) is 26.8 Å². The summed E-state index contributed by atoms with van der Waals surface area (Å²) in [5.74, 6) is -0.248. The summed E-state index contributed by atoms with van der Waals surface area (Å²) in [5, 5.41) is 3.02. The Balaban J connectivity index is 2.59. The van der Waals surface area contributed by atoms with Gasteiger partial charge in [-0.3, -0.25) is 4.79 Å². The van der Waals surface area contributed by atoms with Crippen molar-refractivity contribution in [1.82, 2.24) is 4.90 Å². The van der Waals surface area contributed by atoms with Crippen molar-refractivity contribution >= 4 is 11.6 Å². The standard InChI is InChI=1S/C13H19FN2O/c1-9(2)16(4)13(17)8-15-12-6-5-11(14)7-10(12)3/h5-7,9,15H,8H2,1-4H3. The first kappa shape index (κ1) is 13.5. The van der Waals surface area contributed by atoms with Gasteiger partial charge in [0.2, 0.25) is 5.91 Å². The molecule has 0 atom stereocenters. The number of hydrogen-bond donors (Lipinski definition) is 1. The molecule has 0 aliphatic rings. The first-order valence-electron chi connectivity index (χ1n) is 5.67. The summed E-state index contributed by atoms with van der Waals surface area (Å²) in [4.78, 5) is 13.4. The maximum absolute atomic E-state index is 12.9. The van der Waals surface area contributed by atoms with E-state index >= 15 is 0 Å². The third-order valence-electron chi connectivity index (χ3n) is 2.79. The molecule has 1 N–H and O–H groups in total. The lowest BCUT2D eigenvalue weighted by molar-refractivity contribution is -0.129. The lowest BCUT2D eigenvalue weighted by Crippen LogP contribution is -2.37. The Morgan fingerprint density at radius 3 is 2.65 bits per heavy atom. The number of hydrogen-bond acceptors (Lipinski definition) is 2. The van der Waals surface area contributed by atoms with Gasteiger partial charge in [-0.05, 0) is 44.5 Å². The van der Waals surface area contributed by atoms with Crippen molar-refractivity contribution in [1.29, 1.82) is 0 Å². The predicted molar refractivity (Wildman–Crippen MR) is 67.5 cm³/mol. The quantitative estimate of drug-likeness (QED) is 0.873. The van der Waals surface area contributed by atoms with Gasteiger partial charge in [0.25, 0.3) is 0 Å². The van der Waals surface area contributed by atoms with Crippen LogP contribution in [0.15, 0.2) is 18.2 Å². The zero-order chi connectivity index (χ0) is 13.0. The Morgan fingerprint density at radius 2 is 2.12 bits per heavy atom. The van der Waals surface area contributed by atoms with Gasteiger partial charge in [-0.15, -0.1) is 0 Å². The van der Waals surface area contributed by atoms with Gasteiger partial charge in [0, 0.05) is 18.8 Å². The van der Waals surface area contributed by atoms with Crippen LogP contribution in [0.1, 0.15) is 19.4 Å². The molecular formula is C13H19FN2O. The van der Waals surface area contributed by atoms with E-state index in [-0.39, 0.29) is 24.3 Å². The highest BCUT2D eigenvalue weighted by Crippen LogP contribution is 2.15. The number of likely N-dealkylation sites (N-methyl/N-ethyl adjacent to an activating group) is 1. The Morgan fingerprint density at radius 1 is 1.47 bits per heavy atom. The van der Waals surface area contributed by atoms with Crippen LogP contribution in [0.4, 0.5) is 10.1 Å². The van der Waals surface area contributed by atoms with Crippen molar-refractivity contribution in [2.75, 3.05) is 18.9 Å². The lowest BCUT2D eigenvalue weighted by atomic mass is 10.2. The van der Waals surface area contributed by atoms with E-state index in [1.165, 1.54) is 12.1 Å². The number of benzene rings is 1. The second-order valence-corrected chi connectivity index (χ2v) is 4.41. The minimum atomic E-state index is -0.265. The molecule has 0 heterocycles. The minimum Gasteiger partial charge on any atom is -0.376 e. The second kappa shape index (κ2) is 5.66. The molecule has 0 saturated heterocycles. The summed E-state index contributed by atoms with van der Waals surface area (Å²) in [6.07, 6.45) is 0. The summed E-state index contributed by atoms with van der Waals surface area (Å²) in [6.45, 7) is 5.95. The summed E-state index contributed by atoms with van der Waals surface area (Å²) in [6, 6.07) is 4.65. The molecule has 0 aromatic heterocycles.